The fraction of sp³-hybridized carbons (Fsp3) is 0.750. The highest BCUT2D eigenvalue weighted by molar-refractivity contribution is 4.99. The van der Waals surface area contributed by atoms with E-state index in [-0.39, 0.29) is 0 Å². The minimum Gasteiger partial charge on any atom is -0.396 e. The van der Waals surface area contributed by atoms with E-state index in [1.807, 2.05) is 10.9 Å². The van der Waals surface area contributed by atoms with Crippen molar-refractivity contribution in [2.45, 2.75) is 45.7 Å². The second kappa shape index (κ2) is 8.30. The van der Waals surface area contributed by atoms with E-state index >= 15 is 0 Å². The number of nitrogens with zero attached hydrogens (tertiary/aromatic N) is 2. The van der Waals surface area contributed by atoms with Crippen LogP contribution < -0.4 is 5.32 Å². The summed E-state index contributed by atoms with van der Waals surface area (Å²) in [6.07, 6.45) is 6.29. The van der Waals surface area contributed by atoms with Gasteiger partial charge in [0.1, 0.15) is 0 Å². The van der Waals surface area contributed by atoms with E-state index in [0.29, 0.717) is 6.61 Å². The number of rotatable bonds is 9. The Morgan fingerprint density at radius 3 is 2.88 bits per heavy atom. The van der Waals surface area contributed by atoms with E-state index in [1.165, 1.54) is 18.5 Å². The van der Waals surface area contributed by atoms with Gasteiger partial charge < -0.3 is 10.4 Å². The second-order valence-electron chi connectivity index (χ2n) is 3.95. The largest absolute Gasteiger partial charge is 0.396 e. The van der Waals surface area contributed by atoms with Crippen molar-refractivity contribution in [2.75, 3.05) is 13.2 Å². The van der Waals surface area contributed by atoms with Gasteiger partial charge in [0.05, 0.1) is 5.69 Å². The number of nitrogens with one attached hydrogen (secondary N) is 1. The predicted molar refractivity (Wildman–Crippen MR) is 65.2 cm³/mol. The topological polar surface area (TPSA) is 50.1 Å². The Morgan fingerprint density at radius 2 is 2.12 bits per heavy atom. The van der Waals surface area contributed by atoms with Crippen LogP contribution in [0.15, 0.2) is 12.3 Å². The highest BCUT2D eigenvalue weighted by atomic mass is 16.2. The molecule has 0 radical (unpaired) electrons. The maximum absolute atomic E-state index is 8.63. The number of hydrogen-bond acceptors (Lipinski definition) is 3. The first kappa shape index (κ1) is 13.2. The summed E-state index contributed by atoms with van der Waals surface area (Å²) >= 11 is 0. The van der Waals surface area contributed by atoms with Crippen molar-refractivity contribution in [3.63, 3.8) is 0 Å². The fourth-order valence-corrected chi connectivity index (χ4v) is 1.73. The molecule has 1 aromatic heterocycles. The lowest BCUT2D eigenvalue weighted by Gasteiger charge is -2.06. The molecule has 0 atom stereocenters. The maximum Gasteiger partial charge on any atom is 0.0521 e. The molecule has 0 fully saturated rings. The molecule has 0 aromatic carbocycles. The maximum atomic E-state index is 8.63. The second-order valence-corrected chi connectivity index (χ2v) is 3.95. The molecule has 4 heteroatoms. The van der Waals surface area contributed by atoms with Gasteiger partial charge in [-0.25, -0.2) is 0 Å². The van der Waals surface area contributed by atoms with Crippen molar-refractivity contribution in [1.29, 1.82) is 0 Å². The normalized spacial score (nSPS) is 10.9. The third-order valence-corrected chi connectivity index (χ3v) is 2.67. The van der Waals surface area contributed by atoms with Gasteiger partial charge in [-0.05, 0) is 32.4 Å². The number of aliphatic hydroxyl groups is 1. The summed E-state index contributed by atoms with van der Waals surface area (Å²) < 4.78 is 2.01. The van der Waals surface area contributed by atoms with Gasteiger partial charge in [0.15, 0.2) is 0 Å². The molecule has 16 heavy (non-hydrogen) atoms. The van der Waals surface area contributed by atoms with Gasteiger partial charge in [-0.2, -0.15) is 5.10 Å². The highest BCUT2D eigenvalue weighted by Gasteiger charge is 1.98. The van der Waals surface area contributed by atoms with Gasteiger partial charge in [0.25, 0.3) is 0 Å². The molecule has 1 aromatic rings. The van der Waals surface area contributed by atoms with Crippen LogP contribution in [0.2, 0.25) is 0 Å². The molecule has 0 saturated heterocycles. The van der Waals surface area contributed by atoms with Crippen LogP contribution in [0.1, 0.15) is 38.3 Å². The standard InChI is InChI=1S/C12H23N3O/c1-2-15-12(7-9-14-15)11-13-8-5-3-4-6-10-16/h7,9,13,16H,2-6,8,10-11H2,1H3. The molecule has 2 N–H and O–H groups in total. The third-order valence-electron chi connectivity index (χ3n) is 2.67. The molecule has 92 valence electrons. The Morgan fingerprint density at radius 1 is 1.31 bits per heavy atom. The zero-order valence-corrected chi connectivity index (χ0v) is 10.2. The van der Waals surface area contributed by atoms with E-state index < -0.39 is 0 Å². The van der Waals surface area contributed by atoms with Gasteiger partial charge in [0, 0.05) is 25.9 Å². The molecule has 0 unspecified atom stereocenters. The van der Waals surface area contributed by atoms with Crippen molar-refractivity contribution in [1.82, 2.24) is 15.1 Å². The molecule has 0 spiro atoms. The first-order valence-corrected chi connectivity index (χ1v) is 6.20. The molecule has 1 heterocycles. The van der Waals surface area contributed by atoms with Crippen LogP contribution in [0.5, 0.6) is 0 Å². The van der Waals surface area contributed by atoms with Crippen LogP contribution >= 0.6 is 0 Å². The summed E-state index contributed by atoms with van der Waals surface area (Å²) in [7, 11) is 0. The zero-order chi connectivity index (χ0) is 11.6. The van der Waals surface area contributed by atoms with Crippen LogP contribution in [0.4, 0.5) is 0 Å². The van der Waals surface area contributed by atoms with E-state index in [1.54, 1.807) is 0 Å². The van der Waals surface area contributed by atoms with Crippen LogP contribution in [-0.2, 0) is 13.1 Å². The molecule has 0 saturated carbocycles. The van der Waals surface area contributed by atoms with Crippen LogP contribution in [0.3, 0.4) is 0 Å². The van der Waals surface area contributed by atoms with Crippen molar-refractivity contribution >= 4 is 0 Å². The smallest absolute Gasteiger partial charge is 0.0521 e. The van der Waals surface area contributed by atoms with E-state index in [4.69, 9.17) is 5.11 Å². The summed E-state index contributed by atoms with van der Waals surface area (Å²) in [5.74, 6) is 0. The first-order chi connectivity index (χ1) is 7.88. The van der Waals surface area contributed by atoms with Gasteiger partial charge in [-0.3, -0.25) is 4.68 Å². The van der Waals surface area contributed by atoms with Gasteiger partial charge in [-0.1, -0.05) is 12.8 Å². The van der Waals surface area contributed by atoms with Gasteiger partial charge in [-0.15, -0.1) is 0 Å². The van der Waals surface area contributed by atoms with Crippen LogP contribution in [-0.4, -0.2) is 28.0 Å². The molecule has 0 amide bonds. The molecule has 0 aliphatic heterocycles. The molecular weight excluding hydrogens is 202 g/mol. The van der Waals surface area contributed by atoms with Gasteiger partial charge in [0.2, 0.25) is 0 Å². The van der Waals surface area contributed by atoms with Crippen molar-refractivity contribution in [2.24, 2.45) is 0 Å². The SMILES string of the molecule is CCn1nccc1CNCCCCCCO. The molecule has 1 rings (SSSR count). The van der Waals surface area contributed by atoms with Gasteiger partial charge >= 0.3 is 0 Å². The first-order valence-electron chi connectivity index (χ1n) is 6.20. The molecule has 4 nitrogen and oxygen atoms in total. The zero-order valence-electron chi connectivity index (χ0n) is 10.2. The summed E-state index contributed by atoms with van der Waals surface area (Å²) in [5, 5.41) is 16.3. The Labute approximate surface area is 97.7 Å². The average molecular weight is 225 g/mol. The van der Waals surface area contributed by atoms with Crippen molar-refractivity contribution in [3.05, 3.63) is 18.0 Å². The lowest BCUT2D eigenvalue weighted by atomic mass is 10.2. The number of aromatic nitrogens is 2. The molecule has 0 bridgehead atoms. The van der Waals surface area contributed by atoms with E-state index in [2.05, 4.69) is 23.4 Å². The Balaban J connectivity index is 2.03. The summed E-state index contributed by atoms with van der Waals surface area (Å²) in [6.45, 7) is 5.29. The minimum absolute atomic E-state index is 0.323. The fourth-order valence-electron chi connectivity index (χ4n) is 1.73. The third kappa shape index (κ3) is 4.77. The summed E-state index contributed by atoms with van der Waals surface area (Å²) in [6, 6.07) is 2.06. The molecular formula is C12H23N3O. The average Bonchev–Trinajstić information content (AvgIpc) is 2.75. The van der Waals surface area contributed by atoms with Crippen LogP contribution in [0.25, 0.3) is 0 Å². The number of hydrogen-bond donors (Lipinski definition) is 2. The van der Waals surface area contributed by atoms with E-state index in [0.717, 1.165) is 32.5 Å². The summed E-state index contributed by atoms with van der Waals surface area (Å²) in [5.41, 5.74) is 1.25. The minimum atomic E-state index is 0.323. The molecule has 0 aliphatic carbocycles. The van der Waals surface area contributed by atoms with E-state index in [9.17, 15) is 0 Å². The number of aryl methyl sites for hydroxylation is 1. The van der Waals surface area contributed by atoms with Crippen LogP contribution in [0, 0.1) is 0 Å². The number of unbranched alkanes of at least 4 members (excludes halogenated alkanes) is 3. The monoisotopic (exact) mass is 225 g/mol. The van der Waals surface area contributed by atoms with Crippen molar-refractivity contribution in [3.8, 4) is 0 Å². The Kier molecular flexibility index (Phi) is 6.85. The predicted octanol–water partition coefficient (Wildman–Crippen LogP) is 1.55. The molecule has 0 aliphatic rings. The summed E-state index contributed by atoms with van der Waals surface area (Å²) in [4.78, 5) is 0. The van der Waals surface area contributed by atoms with Crippen molar-refractivity contribution < 1.29 is 5.11 Å². The lowest BCUT2D eigenvalue weighted by Crippen LogP contribution is -2.17. The lowest BCUT2D eigenvalue weighted by molar-refractivity contribution is 0.282. The highest BCUT2D eigenvalue weighted by Crippen LogP contribution is 2.00. The number of aliphatic hydroxyl groups excluding tert-OH is 1. The Hall–Kier alpha value is -0.870. The Bertz CT molecular complexity index is 273. The quantitative estimate of drug-likeness (QED) is 0.627.